The molecule has 0 unspecified atom stereocenters. The van der Waals surface area contributed by atoms with Crippen LogP contribution in [0.15, 0.2) is 75.6 Å². The van der Waals surface area contributed by atoms with Gasteiger partial charge in [0.15, 0.2) is 5.76 Å². The maximum absolute atomic E-state index is 13.1. The van der Waals surface area contributed by atoms with Crippen molar-refractivity contribution in [2.75, 3.05) is 0 Å². The zero-order valence-electron chi connectivity index (χ0n) is 16.6. The van der Waals surface area contributed by atoms with Gasteiger partial charge in [0.2, 0.25) is 11.8 Å². The molecule has 2 aromatic carbocycles. The van der Waals surface area contributed by atoms with Gasteiger partial charge >= 0.3 is 0 Å². The Morgan fingerprint density at radius 3 is 2.37 bits per heavy atom. The van der Waals surface area contributed by atoms with Gasteiger partial charge in [-0.05, 0) is 62.4 Å². The molecule has 0 N–H and O–H groups in total. The van der Waals surface area contributed by atoms with Crippen molar-refractivity contribution in [2.24, 2.45) is 0 Å². The van der Waals surface area contributed by atoms with E-state index in [1.165, 1.54) is 12.1 Å². The molecule has 7 heteroatoms. The third-order valence-electron chi connectivity index (χ3n) is 4.62. The summed E-state index contributed by atoms with van der Waals surface area (Å²) in [7, 11) is 0. The van der Waals surface area contributed by atoms with E-state index >= 15 is 0 Å². The third-order valence-corrected chi connectivity index (χ3v) is 4.62. The Morgan fingerprint density at radius 2 is 1.67 bits per heavy atom. The van der Waals surface area contributed by atoms with Gasteiger partial charge in [0.05, 0.1) is 6.54 Å². The molecule has 0 aliphatic rings. The number of benzene rings is 2. The number of nitrogens with zero attached hydrogens (tertiary/aromatic N) is 3. The molecule has 0 fully saturated rings. The first-order chi connectivity index (χ1) is 14.5. The minimum absolute atomic E-state index is 0.121. The average molecular weight is 405 g/mol. The number of halogens is 1. The lowest BCUT2D eigenvalue weighted by molar-refractivity contribution is 0.0640. The van der Waals surface area contributed by atoms with E-state index < -0.39 is 0 Å². The number of aromatic nitrogens is 2. The zero-order chi connectivity index (χ0) is 21.1. The van der Waals surface area contributed by atoms with Crippen molar-refractivity contribution in [2.45, 2.75) is 26.4 Å². The fraction of sp³-hybridized carbons (Fsp3) is 0.174. The molecule has 0 saturated heterocycles. The van der Waals surface area contributed by atoms with Gasteiger partial charge in [0, 0.05) is 17.2 Å². The van der Waals surface area contributed by atoms with Crippen LogP contribution in [-0.2, 0) is 6.54 Å². The minimum Gasteiger partial charge on any atom is -0.451 e. The average Bonchev–Trinajstić information content (AvgIpc) is 3.43. The first kappa shape index (κ1) is 19.6. The molecule has 2 aromatic heterocycles. The molecule has 4 rings (SSSR count). The van der Waals surface area contributed by atoms with Crippen LogP contribution in [0.25, 0.3) is 22.8 Å². The first-order valence-electron chi connectivity index (χ1n) is 9.56. The molecule has 0 aliphatic carbocycles. The second-order valence-electron chi connectivity index (χ2n) is 7.06. The van der Waals surface area contributed by atoms with Crippen LogP contribution in [0.5, 0.6) is 0 Å². The van der Waals surface area contributed by atoms with Gasteiger partial charge in [-0.15, -0.1) is 10.2 Å². The molecule has 0 spiro atoms. The first-order valence-corrected chi connectivity index (χ1v) is 9.56. The highest BCUT2D eigenvalue weighted by molar-refractivity contribution is 5.92. The second-order valence-corrected chi connectivity index (χ2v) is 7.06. The van der Waals surface area contributed by atoms with Crippen LogP contribution >= 0.6 is 0 Å². The number of hydrogen-bond acceptors (Lipinski definition) is 5. The highest BCUT2D eigenvalue weighted by Gasteiger charge is 2.24. The van der Waals surface area contributed by atoms with E-state index in [2.05, 4.69) is 10.2 Å². The molecule has 0 atom stereocenters. The van der Waals surface area contributed by atoms with Gasteiger partial charge in [-0.1, -0.05) is 18.2 Å². The summed E-state index contributed by atoms with van der Waals surface area (Å²) in [5, 5.41) is 8.15. The molecule has 4 aromatic rings. The minimum atomic E-state index is -0.331. The Bertz CT molecular complexity index is 1130. The van der Waals surface area contributed by atoms with Crippen LogP contribution in [0.4, 0.5) is 4.39 Å². The summed E-state index contributed by atoms with van der Waals surface area (Å²) in [6.07, 6.45) is 0. The van der Waals surface area contributed by atoms with Crippen molar-refractivity contribution >= 4 is 5.91 Å². The summed E-state index contributed by atoms with van der Waals surface area (Å²) in [6.45, 7) is 3.95. The van der Waals surface area contributed by atoms with Crippen LogP contribution in [-0.4, -0.2) is 27.0 Å². The summed E-state index contributed by atoms with van der Waals surface area (Å²) in [5.41, 5.74) is 1.50. The summed E-state index contributed by atoms with van der Waals surface area (Å²) < 4.78 is 24.6. The van der Waals surface area contributed by atoms with E-state index in [-0.39, 0.29) is 30.1 Å². The van der Waals surface area contributed by atoms with Crippen molar-refractivity contribution in [3.05, 3.63) is 84.2 Å². The monoisotopic (exact) mass is 405 g/mol. The Morgan fingerprint density at radius 1 is 0.933 bits per heavy atom. The van der Waals surface area contributed by atoms with Gasteiger partial charge in [-0.2, -0.15) is 0 Å². The maximum atomic E-state index is 13.1. The zero-order valence-corrected chi connectivity index (χ0v) is 16.6. The molecular formula is C23H20FN3O3. The van der Waals surface area contributed by atoms with Crippen LogP contribution in [0, 0.1) is 5.82 Å². The molecule has 30 heavy (non-hydrogen) atoms. The SMILES string of the molecule is CC(C)N(Cc1nnc(-c2ccccc2)o1)C(=O)c1ccc(-c2ccc(F)cc2)o1. The van der Waals surface area contributed by atoms with E-state index in [9.17, 15) is 9.18 Å². The fourth-order valence-electron chi connectivity index (χ4n) is 3.01. The number of carbonyl (C=O) groups excluding carboxylic acids is 1. The number of furan rings is 1. The number of rotatable bonds is 6. The lowest BCUT2D eigenvalue weighted by atomic mass is 10.2. The predicted octanol–water partition coefficient (Wildman–Crippen LogP) is 5.19. The predicted molar refractivity (Wildman–Crippen MR) is 109 cm³/mol. The van der Waals surface area contributed by atoms with E-state index in [1.807, 2.05) is 44.2 Å². The number of amides is 1. The van der Waals surface area contributed by atoms with E-state index in [0.717, 1.165) is 5.56 Å². The normalized spacial score (nSPS) is 11.1. The van der Waals surface area contributed by atoms with Crippen LogP contribution in [0.3, 0.4) is 0 Å². The molecule has 152 valence electrons. The number of carbonyl (C=O) groups is 1. The van der Waals surface area contributed by atoms with Gasteiger partial charge in [0.1, 0.15) is 11.6 Å². The Labute approximate surface area is 173 Å². The van der Waals surface area contributed by atoms with E-state index in [0.29, 0.717) is 23.1 Å². The second kappa shape index (κ2) is 8.32. The number of hydrogen-bond donors (Lipinski definition) is 0. The van der Waals surface area contributed by atoms with Gasteiger partial charge in [-0.25, -0.2) is 4.39 Å². The summed E-state index contributed by atoms with van der Waals surface area (Å²) in [4.78, 5) is 14.6. The molecule has 0 radical (unpaired) electrons. The molecule has 6 nitrogen and oxygen atoms in total. The van der Waals surface area contributed by atoms with Crippen molar-refractivity contribution in [1.82, 2.24) is 15.1 Å². The van der Waals surface area contributed by atoms with Crippen molar-refractivity contribution in [3.8, 4) is 22.8 Å². The smallest absolute Gasteiger partial charge is 0.290 e. The molecule has 0 aliphatic heterocycles. The molecule has 2 heterocycles. The van der Waals surface area contributed by atoms with E-state index in [4.69, 9.17) is 8.83 Å². The highest BCUT2D eigenvalue weighted by atomic mass is 19.1. The Kier molecular flexibility index (Phi) is 5.43. The molecule has 0 saturated carbocycles. The maximum Gasteiger partial charge on any atom is 0.290 e. The Balaban J connectivity index is 1.53. The van der Waals surface area contributed by atoms with Gasteiger partial charge < -0.3 is 13.7 Å². The van der Waals surface area contributed by atoms with Crippen LogP contribution < -0.4 is 0 Å². The lowest BCUT2D eigenvalue weighted by Gasteiger charge is -2.24. The molecular weight excluding hydrogens is 385 g/mol. The quantitative estimate of drug-likeness (QED) is 0.442. The largest absolute Gasteiger partial charge is 0.451 e. The summed E-state index contributed by atoms with van der Waals surface area (Å²) >= 11 is 0. The molecule has 0 bridgehead atoms. The van der Waals surface area contributed by atoms with Crippen LogP contribution in [0.1, 0.15) is 30.3 Å². The lowest BCUT2D eigenvalue weighted by Crippen LogP contribution is -2.36. The third kappa shape index (κ3) is 4.15. The Hall–Kier alpha value is -3.74. The summed E-state index contributed by atoms with van der Waals surface area (Å²) in [6, 6.07) is 18.5. The van der Waals surface area contributed by atoms with Crippen molar-refractivity contribution in [3.63, 3.8) is 0 Å². The highest BCUT2D eigenvalue weighted by Crippen LogP contribution is 2.24. The van der Waals surface area contributed by atoms with E-state index in [1.54, 1.807) is 29.2 Å². The van der Waals surface area contributed by atoms with Gasteiger partial charge in [0.25, 0.3) is 5.91 Å². The van der Waals surface area contributed by atoms with Gasteiger partial charge in [-0.3, -0.25) is 4.79 Å². The molecule has 1 amide bonds. The summed E-state index contributed by atoms with van der Waals surface area (Å²) in [5.74, 6) is 0.788. The standard InChI is InChI=1S/C23H20FN3O3/c1-15(2)27(14-21-25-26-22(30-21)17-6-4-3-5-7-17)23(28)20-13-12-19(29-20)16-8-10-18(24)11-9-16/h3-13,15H,14H2,1-2H3. The topological polar surface area (TPSA) is 72.4 Å². The van der Waals surface area contributed by atoms with Crippen molar-refractivity contribution in [1.29, 1.82) is 0 Å². The van der Waals surface area contributed by atoms with Crippen LogP contribution in [0.2, 0.25) is 0 Å². The fourth-order valence-corrected chi connectivity index (χ4v) is 3.01. The van der Waals surface area contributed by atoms with Crippen molar-refractivity contribution < 1.29 is 18.0 Å².